The normalized spacial score (nSPS) is 21.8. The first-order valence-electron chi connectivity index (χ1n) is 6.37. The molecule has 1 heterocycles. The van der Waals surface area contributed by atoms with Crippen LogP contribution < -0.4 is 10.5 Å². The van der Waals surface area contributed by atoms with Crippen LogP contribution in [0.15, 0.2) is 24.3 Å². The summed E-state index contributed by atoms with van der Waals surface area (Å²) in [7, 11) is 1.57. The van der Waals surface area contributed by atoms with E-state index in [2.05, 4.69) is 0 Å². The quantitative estimate of drug-likeness (QED) is 0.823. The summed E-state index contributed by atoms with van der Waals surface area (Å²) in [5, 5.41) is 9.05. The summed E-state index contributed by atoms with van der Waals surface area (Å²) in [5.74, 6) is -0.489. The number of carboxylic acid groups (broad SMARTS) is 1. The molecule has 0 bridgehead atoms. The average Bonchev–Trinajstić information content (AvgIpc) is 2.83. The molecular formula is C14H18N2O4. The zero-order valence-electron chi connectivity index (χ0n) is 11.3. The van der Waals surface area contributed by atoms with E-state index in [1.807, 2.05) is 12.1 Å². The predicted molar refractivity (Wildman–Crippen MR) is 72.4 cm³/mol. The van der Waals surface area contributed by atoms with E-state index >= 15 is 0 Å². The van der Waals surface area contributed by atoms with Gasteiger partial charge in [0.2, 0.25) is 5.91 Å². The molecule has 0 aliphatic carbocycles. The van der Waals surface area contributed by atoms with E-state index in [0.717, 1.165) is 5.56 Å². The number of hydrogen-bond acceptors (Lipinski definition) is 4. The van der Waals surface area contributed by atoms with Crippen molar-refractivity contribution in [3.8, 4) is 5.75 Å². The Balaban J connectivity index is 2.01. The van der Waals surface area contributed by atoms with Crippen LogP contribution in [0.5, 0.6) is 5.75 Å². The second-order valence-corrected chi connectivity index (χ2v) is 5.05. The second kappa shape index (κ2) is 5.50. The summed E-state index contributed by atoms with van der Waals surface area (Å²) in [5.41, 5.74) is 5.27. The summed E-state index contributed by atoms with van der Waals surface area (Å²) in [6.45, 7) is 0.441. The number of nitrogens with two attached hydrogens (primary N) is 1. The molecule has 108 valence electrons. The molecule has 1 atom stereocenters. The number of amides is 1. The van der Waals surface area contributed by atoms with E-state index in [1.165, 1.54) is 4.90 Å². The molecular weight excluding hydrogens is 260 g/mol. The standard InChI is InChI=1S/C14H18N2O4/c1-20-11-4-2-3-10(7-11)8-12(17)16-6-5-14(15,9-16)13(18)19/h2-4,7H,5-6,8-9,15H2,1H3,(H,18,19). The first-order valence-corrected chi connectivity index (χ1v) is 6.37. The molecule has 6 nitrogen and oxygen atoms in total. The lowest BCUT2D eigenvalue weighted by atomic mass is 10.0. The van der Waals surface area contributed by atoms with E-state index in [4.69, 9.17) is 15.6 Å². The minimum Gasteiger partial charge on any atom is -0.497 e. The summed E-state index contributed by atoms with van der Waals surface area (Å²) in [6.07, 6.45) is 0.499. The Morgan fingerprint density at radius 1 is 1.50 bits per heavy atom. The van der Waals surface area contributed by atoms with Gasteiger partial charge in [-0.15, -0.1) is 0 Å². The van der Waals surface area contributed by atoms with Gasteiger partial charge in [0.05, 0.1) is 13.5 Å². The first kappa shape index (κ1) is 14.3. The van der Waals surface area contributed by atoms with Crippen LogP contribution >= 0.6 is 0 Å². The van der Waals surface area contributed by atoms with Crippen molar-refractivity contribution in [2.24, 2.45) is 5.73 Å². The van der Waals surface area contributed by atoms with Gasteiger partial charge in [0.25, 0.3) is 0 Å². The lowest BCUT2D eigenvalue weighted by Crippen LogP contribution is -2.50. The molecule has 1 unspecified atom stereocenters. The predicted octanol–water partition coefficient (Wildman–Crippen LogP) is 0.252. The van der Waals surface area contributed by atoms with Crippen LogP contribution in [0.1, 0.15) is 12.0 Å². The lowest BCUT2D eigenvalue weighted by Gasteiger charge is -2.20. The van der Waals surface area contributed by atoms with E-state index in [0.29, 0.717) is 12.3 Å². The SMILES string of the molecule is COc1cccc(CC(=O)N2CCC(N)(C(=O)O)C2)c1. The second-order valence-electron chi connectivity index (χ2n) is 5.05. The molecule has 1 aliphatic rings. The van der Waals surface area contributed by atoms with Gasteiger partial charge in [-0.05, 0) is 24.1 Å². The van der Waals surface area contributed by atoms with Gasteiger partial charge in [0, 0.05) is 13.1 Å². The molecule has 1 aromatic carbocycles. The third kappa shape index (κ3) is 2.91. The highest BCUT2D eigenvalue weighted by Gasteiger charge is 2.42. The number of benzene rings is 1. The molecule has 1 aromatic rings. The molecule has 1 amide bonds. The Hall–Kier alpha value is -2.08. The number of carbonyl (C=O) groups is 2. The maximum absolute atomic E-state index is 12.2. The van der Waals surface area contributed by atoms with Crippen molar-refractivity contribution < 1.29 is 19.4 Å². The number of rotatable bonds is 4. The van der Waals surface area contributed by atoms with Crippen LogP contribution in [0.3, 0.4) is 0 Å². The van der Waals surface area contributed by atoms with Crippen LogP contribution in [-0.2, 0) is 16.0 Å². The molecule has 0 aromatic heterocycles. The van der Waals surface area contributed by atoms with Crippen LogP contribution in [0.2, 0.25) is 0 Å². The molecule has 0 spiro atoms. The van der Waals surface area contributed by atoms with E-state index in [-0.39, 0.29) is 25.3 Å². The third-order valence-electron chi connectivity index (χ3n) is 3.57. The molecule has 1 fully saturated rings. The minimum atomic E-state index is -1.32. The Labute approximate surface area is 117 Å². The van der Waals surface area contributed by atoms with Gasteiger partial charge in [-0.3, -0.25) is 9.59 Å². The summed E-state index contributed by atoms with van der Waals surface area (Å²) < 4.78 is 5.10. The number of methoxy groups -OCH3 is 1. The Morgan fingerprint density at radius 2 is 2.25 bits per heavy atom. The number of hydrogen-bond donors (Lipinski definition) is 2. The van der Waals surface area contributed by atoms with Crippen LogP contribution in [0.4, 0.5) is 0 Å². The van der Waals surface area contributed by atoms with Gasteiger partial charge in [-0.1, -0.05) is 12.1 Å². The maximum Gasteiger partial charge on any atom is 0.325 e. The van der Waals surface area contributed by atoms with Crippen molar-refractivity contribution in [2.75, 3.05) is 20.2 Å². The highest BCUT2D eigenvalue weighted by Crippen LogP contribution is 2.21. The zero-order valence-corrected chi connectivity index (χ0v) is 11.3. The monoisotopic (exact) mass is 278 g/mol. The lowest BCUT2D eigenvalue weighted by molar-refractivity contribution is -0.143. The highest BCUT2D eigenvalue weighted by atomic mass is 16.5. The van der Waals surface area contributed by atoms with Crippen molar-refractivity contribution in [3.05, 3.63) is 29.8 Å². The van der Waals surface area contributed by atoms with Crippen molar-refractivity contribution in [3.63, 3.8) is 0 Å². The number of likely N-dealkylation sites (tertiary alicyclic amines) is 1. The molecule has 0 saturated carbocycles. The van der Waals surface area contributed by atoms with Crippen molar-refractivity contribution in [1.29, 1.82) is 0 Å². The Morgan fingerprint density at radius 3 is 2.85 bits per heavy atom. The highest BCUT2D eigenvalue weighted by molar-refractivity contribution is 5.84. The van der Waals surface area contributed by atoms with Crippen molar-refractivity contribution >= 4 is 11.9 Å². The van der Waals surface area contributed by atoms with Gasteiger partial charge in [0.15, 0.2) is 0 Å². The number of nitrogens with zero attached hydrogens (tertiary/aromatic N) is 1. The summed E-state index contributed by atoms with van der Waals surface area (Å²) in [4.78, 5) is 24.7. The fourth-order valence-electron chi connectivity index (χ4n) is 2.29. The van der Waals surface area contributed by atoms with E-state index in [9.17, 15) is 9.59 Å². The van der Waals surface area contributed by atoms with Gasteiger partial charge in [-0.25, -0.2) is 0 Å². The van der Waals surface area contributed by atoms with Gasteiger partial charge in [-0.2, -0.15) is 0 Å². The topological polar surface area (TPSA) is 92.9 Å². The van der Waals surface area contributed by atoms with Crippen LogP contribution in [0.25, 0.3) is 0 Å². The van der Waals surface area contributed by atoms with Gasteiger partial charge >= 0.3 is 5.97 Å². The van der Waals surface area contributed by atoms with Crippen LogP contribution in [0, 0.1) is 0 Å². The largest absolute Gasteiger partial charge is 0.497 e. The smallest absolute Gasteiger partial charge is 0.325 e. The number of aliphatic carboxylic acids is 1. The van der Waals surface area contributed by atoms with Crippen LogP contribution in [-0.4, -0.2) is 47.6 Å². The number of carbonyl (C=O) groups excluding carboxylic acids is 1. The third-order valence-corrected chi connectivity index (χ3v) is 3.57. The molecule has 2 rings (SSSR count). The van der Waals surface area contributed by atoms with E-state index < -0.39 is 11.5 Å². The fraction of sp³-hybridized carbons (Fsp3) is 0.429. The Kier molecular flexibility index (Phi) is 3.94. The molecule has 0 radical (unpaired) electrons. The fourth-order valence-corrected chi connectivity index (χ4v) is 2.29. The summed E-state index contributed by atoms with van der Waals surface area (Å²) in [6, 6.07) is 7.25. The average molecular weight is 278 g/mol. The zero-order chi connectivity index (χ0) is 14.8. The van der Waals surface area contributed by atoms with Gasteiger partial charge < -0.3 is 20.5 Å². The molecule has 3 N–H and O–H groups in total. The number of carboxylic acids is 1. The summed E-state index contributed by atoms with van der Waals surface area (Å²) >= 11 is 0. The molecule has 1 aliphatic heterocycles. The van der Waals surface area contributed by atoms with E-state index in [1.54, 1.807) is 19.2 Å². The molecule has 20 heavy (non-hydrogen) atoms. The number of ether oxygens (including phenoxy) is 1. The maximum atomic E-state index is 12.2. The first-order chi connectivity index (χ1) is 9.44. The molecule has 1 saturated heterocycles. The minimum absolute atomic E-state index is 0.0606. The van der Waals surface area contributed by atoms with Gasteiger partial charge in [0.1, 0.15) is 11.3 Å². The van der Waals surface area contributed by atoms with Crippen molar-refractivity contribution in [1.82, 2.24) is 4.90 Å². The Bertz CT molecular complexity index is 532. The van der Waals surface area contributed by atoms with Crippen molar-refractivity contribution in [2.45, 2.75) is 18.4 Å². The molecule has 6 heteroatoms.